The van der Waals surface area contributed by atoms with Crippen molar-refractivity contribution in [2.24, 2.45) is 11.8 Å². The third-order valence-corrected chi connectivity index (χ3v) is 4.58. The molecule has 3 rings (SSSR count). The van der Waals surface area contributed by atoms with Crippen LogP contribution in [-0.4, -0.2) is 19.0 Å². The van der Waals surface area contributed by atoms with Crippen molar-refractivity contribution < 1.29 is 4.79 Å². The predicted molar refractivity (Wildman–Crippen MR) is 87.9 cm³/mol. The van der Waals surface area contributed by atoms with Gasteiger partial charge in [0.2, 0.25) is 5.91 Å². The molecule has 1 amide bonds. The molecule has 2 N–H and O–H groups in total. The first-order valence-corrected chi connectivity index (χ1v) is 7.88. The van der Waals surface area contributed by atoms with Crippen LogP contribution in [0.1, 0.15) is 37.3 Å². The highest BCUT2D eigenvalue weighted by Gasteiger charge is 2.34. The zero-order chi connectivity index (χ0) is 13.9. The summed E-state index contributed by atoms with van der Waals surface area (Å²) < 4.78 is 0. The van der Waals surface area contributed by atoms with Crippen LogP contribution in [0.5, 0.6) is 0 Å². The highest BCUT2D eigenvalue weighted by atomic mass is 35.5. The van der Waals surface area contributed by atoms with Crippen LogP contribution in [0, 0.1) is 11.8 Å². The van der Waals surface area contributed by atoms with Gasteiger partial charge in [-0.25, -0.2) is 0 Å². The van der Waals surface area contributed by atoms with Crippen molar-refractivity contribution in [2.75, 3.05) is 13.1 Å². The summed E-state index contributed by atoms with van der Waals surface area (Å²) in [5.41, 5.74) is 1.18. The Morgan fingerprint density at radius 3 is 2.33 bits per heavy atom. The fraction of sp³-hybridized carbons (Fsp3) is 0.562. The Hall–Kier alpha value is -0.770. The van der Waals surface area contributed by atoms with E-state index in [0.29, 0.717) is 5.92 Å². The van der Waals surface area contributed by atoms with Crippen LogP contribution < -0.4 is 10.6 Å². The van der Waals surface area contributed by atoms with Gasteiger partial charge in [0.25, 0.3) is 0 Å². The summed E-state index contributed by atoms with van der Waals surface area (Å²) in [4.78, 5) is 12.4. The molecule has 0 radical (unpaired) electrons. The van der Waals surface area contributed by atoms with E-state index in [2.05, 4.69) is 10.6 Å². The minimum absolute atomic E-state index is 0. The monoisotopic (exact) mass is 328 g/mol. The zero-order valence-electron chi connectivity index (χ0n) is 12.0. The van der Waals surface area contributed by atoms with Gasteiger partial charge >= 0.3 is 0 Å². The van der Waals surface area contributed by atoms with Gasteiger partial charge < -0.3 is 10.6 Å². The van der Waals surface area contributed by atoms with Gasteiger partial charge in [-0.3, -0.25) is 4.79 Å². The van der Waals surface area contributed by atoms with Gasteiger partial charge in [-0.2, -0.15) is 0 Å². The quantitative estimate of drug-likeness (QED) is 0.890. The summed E-state index contributed by atoms with van der Waals surface area (Å²) in [5, 5.41) is 7.32. The Bertz CT molecular complexity index is 468. The largest absolute Gasteiger partial charge is 0.349 e. The molecule has 0 bridgehead atoms. The lowest BCUT2D eigenvalue weighted by Crippen LogP contribution is -2.40. The van der Waals surface area contributed by atoms with Crippen molar-refractivity contribution in [3.63, 3.8) is 0 Å². The molecule has 2 aliphatic rings. The lowest BCUT2D eigenvalue weighted by Gasteiger charge is -2.25. The van der Waals surface area contributed by atoms with Crippen LogP contribution in [0.15, 0.2) is 24.3 Å². The predicted octanol–water partition coefficient (Wildman–Crippen LogP) is 3.33. The first-order chi connectivity index (χ1) is 9.74. The van der Waals surface area contributed by atoms with Gasteiger partial charge in [0.15, 0.2) is 0 Å². The molecular formula is C16H22Cl2N2O. The first-order valence-electron chi connectivity index (χ1n) is 7.50. The molecule has 0 spiro atoms. The van der Waals surface area contributed by atoms with Crippen LogP contribution in [-0.2, 0) is 4.79 Å². The van der Waals surface area contributed by atoms with Gasteiger partial charge in [-0.1, -0.05) is 23.7 Å². The number of nitrogens with one attached hydrogen (secondary N) is 2. The lowest BCUT2D eigenvalue weighted by molar-refractivity contribution is -0.126. The Morgan fingerprint density at radius 2 is 1.76 bits per heavy atom. The van der Waals surface area contributed by atoms with E-state index < -0.39 is 0 Å². The fourth-order valence-electron chi connectivity index (χ4n) is 2.93. The maximum atomic E-state index is 12.4. The Kier molecular flexibility index (Phi) is 5.91. The maximum Gasteiger partial charge on any atom is 0.223 e. The van der Waals surface area contributed by atoms with Crippen molar-refractivity contribution in [1.82, 2.24) is 10.6 Å². The topological polar surface area (TPSA) is 41.1 Å². The van der Waals surface area contributed by atoms with E-state index in [1.54, 1.807) is 0 Å². The molecule has 3 nitrogen and oxygen atoms in total. The molecule has 1 saturated carbocycles. The molecule has 1 unspecified atom stereocenters. The second kappa shape index (κ2) is 7.48. The molecule has 1 saturated heterocycles. The summed E-state index contributed by atoms with van der Waals surface area (Å²) in [7, 11) is 0. The number of rotatable bonds is 4. The molecule has 5 heteroatoms. The average Bonchev–Trinajstić information content (AvgIpc) is 3.31. The standard InChI is InChI=1S/C16H21ClN2O.ClH/c17-14-5-3-12(4-6-14)15(11-1-2-11)19-16(20)13-7-9-18-10-8-13;/h3-6,11,13,15,18H,1-2,7-10H2,(H,19,20);1H. The maximum absolute atomic E-state index is 12.4. The van der Waals surface area contributed by atoms with Crippen molar-refractivity contribution in [3.05, 3.63) is 34.9 Å². The highest BCUT2D eigenvalue weighted by Crippen LogP contribution is 2.41. The van der Waals surface area contributed by atoms with Crippen molar-refractivity contribution in [1.29, 1.82) is 0 Å². The lowest BCUT2D eigenvalue weighted by atomic mass is 9.95. The summed E-state index contributed by atoms with van der Waals surface area (Å²) in [5.74, 6) is 0.991. The first kappa shape index (κ1) is 16.6. The van der Waals surface area contributed by atoms with Crippen LogP contribution in [0.4, 0.5) is 0 Å². The third-order valence-electron chi connectivity index (χ3n) is 4.33. The Labute approximate surface area is 137 Å². The molecule has 1 heterocycles. The fourth-order valence-corrected chi connectivity index (χ4v) is 3.05. The zero-order valence-corrected chi connectivity index (χ0v) is 13.6. The van der Waals surface area contributed by atoms with E-state index in [1.165, 1.54) is 18.4 Å². The number of piperidine rings is 1. The summed E-state index contributed by atoms with van der Waals surface area (Å²) in [6.07, 6.45) is 4.31. The number of carbonyl (C=O) groups is 1. The number of benzene rings is 1. The van der Waals surface area contributed by atoms with Crippen molar-refractivity contribution in [3.8, 4) is 0 Å². The summed E-state index contributed by atoms with van der Waals surface area (Å²) in [6, 6.07) is 8.04. The molecule has 1 aliphatic heterocycles. The molecular weight excluding hydrogens is 307 g/mol. The van der Waals surface area contributed by atoms with E-state index in [1.807, 2.05) is 24.3 Å². The molecule has 2 fully saturated rings. The average molecular weight is 329 g/mol. The Morgan fingerprint density at radius 1 is 1.14 bits per heavy atom. The van der Waals surface area contributed by atoms with Crippen LogP contribution >= 0.6 is 24.0 Å². The molecule has 116 valence electrons. The van der Waals surface area contributed by atoms with Gasteiger partial charge in [-0.05, 0) is 62.4 Å². The van der Waals surface area contributed by atoms with Crippen LogP contribution in [0.2, 0.25) is 5.02 Å². The molecule has 21 heavy (non-hydrogen) atoms. The van der Waals surface area contributed by atoms with Crippen LogP contribution in [0.3, 0.4) is 0 Å². The number of hydrogen-bond donors (Lipinski definition) is 2. The minimum Gasteiger partial charge on any atom is -0.349 e. The van der Waals surface area contributed by atoms with Crippen molar-refractivity contribution in [2.45, 2.75) is 31.7 Å². The van der Waals surface area contributed by atoms with E-state index >= 15 is 0 Å². The molecule has 1 aromatic rings. The number of halogens is 2. The highest BCUT2D eigenvalue weighted by molar-refractivity contribution is 6.30. The van der Waals surface area contributed by atoms with Gasteiger partial charge in [0, 0.05) is 10.9 Å². The molecule has 1 aromatic carbocycles. The number of hydrogen-bond acceptors (Lipinski definition) is 2. The SMILES string of the molecule is Cl.O=C(NC(c1ccc(Cl)cc1)C1CC1)C1CCNCC1. The van der Waals surface area contributed by atoms with Crippen molar-refractivity contribution >= 4 is 29.9 Å². The van der Waals surface area contributed by atoms with Crippen LogP contribution in [0.25, 0.3) is 0 Å². The number of carbonyl (C=O) groups excluding carboxylic acids is 1. The molecule has 1 aliphatic carbocycles. The molecule has 1 atom stereocenters. The van der Waals surface area contributed by atoms with E-state index in [4.69, 9.17) is 11.6 Å². The summed E-state index contributed by atoms with van der Waals surface area (Å²) >= 11 is 5.94. The van der Waals surface area contributed by atoms with E-state index in [9.17, 15) is 4.79 Å². The third kappa shape index (κ3) is 4.35. The smallest absolute Gasteiger partial charge is 0.223 e. The second-order valence-electron chi connectivity index (χ2n) is 5.90. The minimum atomic E-state index is 0. The molecule has 0 aromatic heterocycles. The Balaban J connectivity index is 0.00000161. The van der Waals surface area contributed by atoms with E-state index in [-0.39, 0.29) is 30.3 Å². The van der Waals surface area contributed by atoms with Gasteiger partial charge in [0.1, 0.15) is 0 Å². The van der Waals surface area contributed by atoms with Gasteiger partial charge in [-0.15, -0.1) is 12.4 Å². The van der Waals surface area contributed by atoms with Gasteiger partial charge in [0.05, 0.1) is 6.04 Å². The normalized spacial score (nSPS) is 20.4. The summed E-state index contributed by atoms with van der Waals surface area (Å²) in [6.45, 7) is 1.90. The van der Waals surface area contributed by atoms with E-state index in [0.717, 1.165) is 31.0 Å². The number of amides is 1. The second-order valence-corrected chi connectivity index (χ2v) is 6.34.